The van der Waals surface area contributed by atoms with E-state index in [0.717, 1.165) is 42.4 Å². The quantitative estimate of drug-likeness (QED) is 0.696. The summed E-state index contributed by atoms with van der Waals surface area (Å²) < 4.78 is 0. The molecule has 2 heterocycles. The minimum absolute atomic E-state index is 0.00417. The molecule has 0 unspecified atom stereocenters. The van der Waals surface area contributed by atoms with Gasteiger partial charge in [0.05, 0.1) is 12.1 Å². The average Bonchev–Trinajstić information content (AvgIpc) is 3.07. The number of hydrogen-bond donors (Lipinski definition) is 1. The van der Waals surface area contributed by atoms with Crippen LogP contribution in [0.25, 0.3) is 0 Å². The lowest BCUT2D eigenvalue weighted by Crippen LogP contribution is -2.29. The number of benzene rings is 2. The zero-order chi connectivity index (χ0) is 19.5. The molecule has 0 saturated carbocycles. The molecule has 5 heteroatoms. The van der Waals surface area contributed by atoms with Gasteiger partial charge in [0.15, 0.2) is 5.13 Å². The predicted octanol–water partition coefficient (Wildman–Crippen LogP) is 4.50. The largest absolute Gasteiger partial charge is 0.302 e. The highest BCUT2D eigenvalue weighted by Crippen LogP contribution is 2.29. The van der Waals surface area contributed by atoms with E-state index >= 15 is 0 Å². The molecule has 0 bridgehead atoms. The van der Waals surface area contributed by atoms with Gasteiger partial charge in [0.2, 0.25) is 5.91 Å². The maximum Gasteiger partial charge on any atom is 0.230 e. The van der Waals surface area contributed by atoms with Crippen LogP contribution in [-0.2, 0) is 30.7 Å². The summed E-state index contributed by atoms with van der Waals surface area (Å²) in [5.41, 5.74) is 5.97. The lowest BCUT2D eigenvalue weighted by atomic mass is 10.0. The number of aryl methyl sites for hydroxylation is 2. The van der Waals surface area contributed by atoms with Crippen molar-refractivity contribution in [2.45, 2.75) is 39.8 Å². The van der Waals surface area contributed by atoms with E-state index in [0.29, 0.717) is 6.42 Å². The number of carbonyl (C=O) groups excluding carboxylic acids is 1. The van der Waals surface area contributed by atoms with Crippen LogP contribution in [-0.4, -0.2) is 22.3 Å². The Labute approximate surface area is 170 Å². The maximum absolute atomic E-state index is 12.4. The number of hydrogen-bond acceptors (Lipinski definition) is 4. The maximum atomic E-state index is 12.4. The third-order valence-electron chi connectivity index (χ3n) is 5.24. The Morgan fingerprint density at radius 2 is 1.93 bits per heavy atom. The van der Waals surface area contributed by atoms with Crippen LogP contribution in [0.4, 0.5) is 5.13 Å². The summed E-state index contributed by atoms with van der Waals surface area (Å²) in [5.74, 6) is -0.00417. The number of nitrogens with zero attached hydrogens (tertiary/aromatic N) is 2. The fraction of sp³-hybridized carbons (Fsp3) is 0.304. The summed E-state index contributed by atoms with van der Waals surface area (Å²) in [5, 5.41) is 3.72. The Bertz CT molecular complexity index is 981. The Kier molecular flexibility index (Phi) is 5.55. The Morgan fingerprint density at radius 1 is 1.11 bits per heavy atom. The molecule has 0 fully saturated rings. The van der Waals surface area contributed by atoms with Crippen LogP contribution < -0.4 is 5.32 Å². The lowest BCUT2D eigenvalue weighted by Gasteiger charge is -2.25. The van der Waals surface area contributed by atoms with Gasteiger partial charge in [-0.1, -0.05) is 48.5 Å². The predicted molar refractivity (Wildman–Crippen MR) is 115 cm³/mol. The topological polar surface area (TPSA) is 45.2 Å². The van der Waals surface area contributed by atoms with E-state index in [1.54, 1.807) is 11.3 Å². The van der Waals surface area contributed by atoms with E-state index < -0.39 is 0 Å². The average molecular weight is 392 g/mol. The molecular weight excluding hydrogens is 366 g/mol. The molecule has 4 rings (SSSR count). The van der Waals surface area contributed by atoms with Crippen molar-refractivity contribution in [3.05, 3.63) is 81.4 Å². The number of anilines is 1. The number of rotatable bonds is 5. The summed E-state index contributed by atoms with van der Waals surface area (Å²) in [6.45, 7) is 7.01. The Hall–Kier alpha value is -2.50. The molecule has 1 N–H and O–H groups in total. The fourth-order valence-corrected chi connectivity index (χ4v) is 4.61. The normalized spacial score (nSPS) is 13.9. The summed E-state index contributed by atoms with van der Waals surface area (Å²) >= 11 is 1.61. The van der Waals surface area contributed by atoms with Crippen LogP contribution in [0, 0.1) is 13.8 Å². The zero-order valence-corrected chi connectivity index (χ0v) is 17.2. The molecule has 0 spiro atoms. The zero-order valence-electron chi connectivity index (χ0n) is 16.4. The molecule has 1 aromatic heterocycles. The van der Waals surface area contributed by atoms with E-state index in [-0.39, 0.29) is 5.91 Å². The van der Waals surface area contributed by atoms with E-state index in [1.165, 1.54) is 21.6 Å². The van der Waals surface area contributed by atoms with Crippen LogP contribution in [0.3, 0.4) is 0 Å². The van der Waals surface area contributed by atoms with Crippen LogP contribution >= 0.6 is 11.3 Å². The van der Waals surface area contributed by atoms with Crippen molar-refractivity contribution in [1.29, 1.82) is 0 Å². The third kappa shape index (κ3) is 4.49. The Morgan fingerprint density at radius 3 is 2.71 bits per heavy atom. The molecule has 2 aromatic carbocycles. The highest BCUT2D eigenvalue weighted by Gasteiger charge is 2.21. The second-order valence-corrected chi connectivity index (χ2v) is 8.56. The standard InChI is InChI=1S/C23H25N3OS/c1-16-8-9-19(12-17(16)2)13-22(27)25-23-24-20-10-11-26(15-21(20)28-23)14-18-6-4-3-5-7-18/h3-9,12H,10-11,13-15H2,1-2H3,(H,24,25,27). The molecule has 0 aliphatic carbocycles. The first-order valence-corrected chi connectivity index (χ1v) is 10.5. The number of fused-ring (bicyclic) bond motifs is 1. The van der Waals surface area contributed by atoms with Crippen LogP contribution in [0.5, 0.6) is 0 Å². The van der Waals surface area contributed by atoms with Gasteiger partial charge in [-0.3, -0.25) is 9.69 Å². The van der Waals surface area contributed by atoms with Crippen molar-refractivity contribution in [2.75, 3.05) is 11.9 Å². The molecule has 28 heavy (non-hydrogen) atoms. The minimum Gasteiger partial charge on any atom is -0.302 e. The van der Waals surface area contributed by atoms with Gasteiger partial charge in [0.1, 0.15) is 0 Å². The molecule has 1 aliphatic rings. The van der Waals surface area contributed by atoms with Gasteiger partial charge in [-0.05, 0) is 36.1 Å². The van der Waals surface area contributed by atoms with E-state index in [9.17, 15) is 4.79 Å². The van der Waals surface area contributed by atoms with Gasteiger partial charge in [-0.15, -0.1) is 11.3 Å². The van der Waals surface area contributed by atoms with Gasteiger partial charge in [0.25, 0.3) is 0 Å². The molecule has 3 aromatic rings. The fourth-order valence-electron chi connectivity index (χ4n) is 3.54. The molecule has 4 nitrogen and oxygen atoms in total. The van der Waals surface area contributed by atoms with Crippen molar-refractivity contribution < 1.29 is 4.79 Å². The van der Waals surface area contributed by atoms with E-state index in [1.807, 2.05) is 12.1 Å². The molecule has 144 valence electrons. The first-order chi connectivity index (χ1) is 13.6. The number of amides is 1. The molecule has 0 radical (unpaired) electrons. The number of nitrogens with one attached hydrogen (secondary N) is 1. The van der Waals surface area contributed by atoms with E-state index in [2.05, 4.69) is 65.4 Å². The van der Waals surface area contributed by atoms with Crippen molar-refractivity contribution in [2.24, 2.45) is 0 Å². The second-order valence-electron chi connectivity index (χ2n) is 7.48. The SMILES string of the molecule is Cc1ccc(CC(=O)Nc2nc3c(s2)CN(Cc2ccccc2)CC3)cc1C. The summed E-state index contributed by atoms with van der Waals surface area (Å²) in [4.78, 5) is 20.8. The highest BCUT2D eigenvalue weighted by molar-refractivity contribution is 7.15. The van der Waals surface area contributed by atoms with Gasteiger partial charge in [0, 0.05) is 30.9 Å². The molecule has 0 saturated heterocycles. The van der Waals surface area contributed by atoms with Crippen molar-refractivity contribution in [1.82, 2.24) is 9.88 Å². The number of carbonyl (C=O) groups is 1. The highest BCUT2D eigenvalue weighted by atomic mass is 32.1. The van der Waals surface area contributed by atoms with Crippen molar-refractivity contribution >= 4 is 22.4 Å². The summed E-state index contributed by atoms with van der Waals surface area (Å²) in [6, 6.07) is 16.7. The van der Waals surface area contributed by atoms with Crippen molar-refractivity contribution in [3.8, 4) is 0 Å². The van der Waals surface area contributed by atoms with Gasteiger partial charge in [-0.2, -0.15) is 0 Å². The molecule has 1 aliphatic heterocycles. The molecular formula is C23H25N3OS. The van der Waals surface area contributed by atoms with Gasteiger partial charge in [-0.25, -0.2) is 4.98 Å². The second kappa shape index (κ2) is 8.25. The smallest absolute Gasteiger partial charge is 0.230 e. The summed E-state index contributed by atoms with van der Waals surface area (Å²) in [6.07, 6.45) is 1.32. The van der Waals surface area contributed by atoms with Crippen molar-refractivity contribution in [3.63, 3.8) is 0 Å². The lowest BCUT2D eigenvalue weighted by molar-refractivity contribution is -0.115. The van der Waals surface area contributed by atoms with Gasteiger partial charge < -0.3 is 5.32 Å². The van der Waals surface area contributed by atoms with Crippen LogP contribution in [0.2, 0.25) is 0 Å². The number of aromatic nitrogens is 1. The summed E-state index contributed by atoms with van der Waals surface area (Å²) in [7, 11) is 0. The van der Waals surface area contributed by atoms with Crippen LogP contribution in [0.15, 0.2) is 48.5 Å². The van der Waals surface area contributed by atoms with E-state index in [4.69, 9.17) is 0 Å². The third-order valence-corrected chi connectivity index (χ3v) is 6.24. The first-order valence-electron chi connectivity index (χ1n) is 9.67. The van der Waals surface area contributed by atoms with Crippen LogP contribution in [0.1, 0.15) is 32.8 Å². The minimum atomic E-state index is -0.00417. The molecule has 1 amide bonds. The number of thiazole rings is 1. The first kappa shape index (κ1) is 18.8. The molecule has 0 atom stereocenters. The Balaban J connectivity index is 1.37. The monoisotopic (exact) mass is 391 g/mol. The van der Waals surface area contributed by atoms with Gasteiger partial charge >= 0.3 is 0 Å².